The Bertz CT molecular complexity index is 709. The van der Waals surface area contributed by atoms with Gasteiger partial charge in [-0.3, -0.25) is 9.69 Å². The van der Waals surface area contributed by atoms with Crippen molar-refractivity contribution >= 4 is 11.6 Å². The lowest BCUT2D eigenvalue weighted by molar-refractivity contribution is -0.120. The highest BCUT2D eigenvalue weighted by Gasteiger charge is 2.17. The molecule has 1 atom stereocenters. The molecule has 4 heteroatoms. The summed E-state index contributed by atoms with van der Waals surface area (Å²) < 4.78 is 0. The lowest BCUT2D eigenvalue weighted by atomic mass is 10.0. The van der Waals surface area contributed by atoms with E-state index < -0.39 is 0 Å². The van der Waals surface area contributed by atoms with Crippen LogP contribution in [-0.2, 0) is 24.3 Å². The molecule has 138 valence electrons. The molecule has 0 saturated carbocycles. The third-order valence-corrected chi connectivity index (χ3v) is 5.18. The minimum atomic E-state index is 0.0287. The molecule has 3 rings (SSSR count). The summed E-state index contributed by atoms with van der Waals surface area (Å²) in [6.45, 7) is 5.10. The van der Waals surface area contributed by atoms with Gasteiger partial charge < -0.3 is 11.1 Å². The molecule has 4 nitrogen and oxygen atoms in total. The van der Waals surface area contributed by atoms with Gasteiger partial charge in [0.05, 0.1) is 6.42 Å². The SMILES string of the molecule is CC1CCCCN1Cc1ccc(CNC(=O)Cc2ccc(N)cc2)cc1. The molecule has 0 aliphatic carbocycles. The number of carbonyl (C=O) groups is 1. The van der Waals surface area contributed by atoms with Gasteiger partial charge in [0.1, 0.15) is 0 Å². The van der Waals surface area contributed by atoms with Crippen LogP contribution in [-0.4, -0.2) is 23.4 Å². The van der Waals surface area contributed by atoms with Gasteiger partial charge in [0.25, 0.3) is 0 Å². The zero-order valence-corrected chi connectivity index (χ0v) is 15.6. The number of anilines is 1. The fraction of sp³-hybridized carbons (Fsp3) is 0.409. The Morgan fingerprint density at radius 2 is 1.69 bits per heavy atom. The number of rotatable bonds is 6. The predicted molar refractivity (Wildman–Crippen MR) is 107 cm³/mol. The Hall–Kier alpha value is -2.33. The Kier molecular flexibility index (Phi) is 6.29. The molecule has 0 bridgehead atoms. The fourth-order valence-corrected chi connectivity index (χ4v) is 3.47. The number of piperidine rings is 1. The van der Waals surface area contributed by atoms with Crippen molar-refractivity contribution in [3.05, 3.63) is 65.2 Å². The summed E-state index contributed by atoms with van der Waals surface area (Å²) in [5.41, 5.74) is 9.83. The molecule has 0 radical (unpaired) electrons. The largest absolute Gasteiger partial charge is 0.399 e. The van der Waals surface area contributed by atoms with Gasteiger partial charge in [-0.25, -0.2) is 0 Å². The molecule has 2 aromatic carbocycles. The van der Waals surface area contributed by atoms with Crippen LogP contribution in [0.2, 0.25) is 0 Å². The fourth-order valence-electron chi connectivity index (χ4n) is 3.47. The van der Waals surface area contributed by atoms with Crippen LogP contribution in [0.1, 0.15) is 42.9 Å². The number of nitrogens with zero attached hydrogens (tertiary/aromatic N) is 1. The van der Waals surface area contributed by atoms with Crippen LogP contribution in [0.4, 0.5) is 5.69 Å². The normalized spacial score (nSPS) is 17.8. The second-order valence-electron chi connectivity index (χ2n) is 7.33. The highest BCUT2D eigenvalue weighted by molar-refractivity contribution is 5.78. The number of nitrogen functional groups attached to an aromatic ring is 1. The average Bonchev–Trinajstić information content (AvgIpc) is 2.65. The van der Waals surface area contributed by atoms with E-state index in [1.807, 2.05) is 24.3 Å². The van der Waals surface area contributed by atoms with Crippen molar-refractivity contribution in [2.75, 3.05) is 12.3 Å². The van der Waals surface area contributed by atoms with E-state index in [-0.39, 0.29) is 5.91 Å². The first-order valence-corrected chi connectivity index (χ1v) is 9.53. The maximum absolute atomic E-state index is 12.1. The monoisotopic (exact) mass is 351 g/mol. The van der Waals surface area contributed by atoms with Crippen LogP contribution in [0.5, 0.6) is 0 Å². The molecule has 1 amide bonds. The first-order valence-electron chi connectivity index (χ1n) is 9.53. The van der Waals surface area contributed by atoms with Gasteiger partial charge in [-0.1, -0.05) is 42.8 Å². The Morgan fingerprint density at radius 3 is 2.38 bits per heavy atom. The van der Waals surface area contributed by atoms with Crippen molar-refractivity contribution in [2.45, 2.75) is 51.7 Å². The number of likely N-dealkylation sites (tertiary alicyclic amines) is 1. The second-order valence-corrected chi connectivity index (χ2v) is 7.33. The topological polar surface area (TPSA) is 58.4 Å². The molecule has 1 unspecified atom stereocenters. The van der Waals surface area contributed by atoms with Crippen molar-refractivity contribution in [3.8, 4) is 0 Å². The highest BCUT2D eigenvalue weighted by Crippen LogP contribution is 2.19. The number of nitrogens with one attached hydrogen (secondary N) is 1. The smallest absolute Gasteiger partial charge is 0.224 e. The average molecular weight is 351 g/mol. The van der Waals surface area contributed by atoms with E-state index in [2.05, 4.69) is 41.4 Å². The van der Waals surface area contributed by atoms with Crippen LogP contribution < -0.4 is 11.1 Å². The number of amides is 1. The molecule has 1 heterocycles. The zero-order valence-electron chi connectivity index (χ0n) is 15.6. The van der Waals surface area contributed by atoms with Gasteiger partial charge in [0.2, 0.25) is 5.91 Å². The van der Waals surface area contributed by atoms with Gasteiger partial charge in [-0.15, -0.1) is 0 Å². The first-order chi connectivity index (χ1) is 12.6. The second kappa shape index (κ2) is 8.86. The van der Waals surface area contributed by atoms with Crippen LogP contribution in [0.25, 0.3) is 0 Å². The molecule has 1 fully saturated rings. The quantitative estimate of drug-likeness (QED) is 0.783. The van der Waals surface area contributed by atoms with Gasteiger partial charge in [-0.05, 0) is 55.1 Å². The highest BCUT2D eigenvalue weighted by atomic mass is 16.1. The van der Waals surface area contributed by atoms with Crippen molar-refractivity contribution in [2.24, 2.45) is 0 Å². The lowest BCUT2D eigenvalue weighted by Gasteiger charge is -2.33. The molecule has 1 aliphatic rings. The summed E-state index contributed by atoms with van der Waals surface area (Å²) in [5, 5.41) is 2.99. The third kappa shape index (κ3) is 5.33. The number of nitrogens with two attached hydrogens (primary N) is 1. The van der Waals surface area contributed by atoms with Crippen molar-refractivity contribution in [1.82, 2.24) is 10.2 Å². The minimum Gasteiger partial charge on any atom is -0.399 e. The number of carbonyl (C=O) groups excluding carboxylic acids is 1. The van der Waals surface area contributed by atoms with Crippen molar-refractivity contribution in [3.63, 3.8) is 0 Å². The summed E-state index contributed by atoms with van der Waals surface area (Å²) in [5.74, 6) is 0.0287. The molecule has 1 aliphatic heterocycles. The number of benzene rings is 2. The van der Waals surface area contributed by atoms with Crippen molar-refractivity contribution in [1.29, 1.82) is 0 Å². The summed E-state index contributed by atoms with van der Waals surface area (Å²) in [6, 6.07) is 16.7. The Labute approximate surface area is 156 Å². The zero-order chi connectivity index (χ0) is 18.4. The maximum Gasteiger partial charge on any atom is 0.224 e. The molecule has 26 heavy (non-hydrogen) atoms. The maximum atomic E-state index is 12.1. The lowest BCUT2D eigenvalue weighted by Crippen LogP contribution is -2.36. The van der Waals surface area contributed by atoms with Crippen LogP contribution in [0.3, 0.4) is 0 Å². The van der Waals surface area contributed by atoms with E-state index in [1.54, 1.807) is 0 Å². The predicted octanol–water partition coefficient (Wildman–Crippen LogP) is 3.50. The number of hydrogen-bond donors (Lipinski definition) is 2. The van der Waals surface area contributed by atoms with Crippen LogP contribution in [0.15, 0.2) is 48.5 Å². The van der Waals surface area contributed by atoms with E-state index in [4.69, 9.17) is 5.73 Å². The van der Waals surface area contributed by atoms with Gasteiger partial charge in [0, 0.05) is 24.8 Å². The van der Waals surface area contributed by atoms with Crippen molar-refractivity contribution < 1.29 is 4.79 Å². The van der Waals surface area contributed by atoms with E-state index in [0.29, 0.717) is 24.7 Å². The van der Waals surface area contributed by atoms with E-state index in [0.717, 1.165) is 17.7 Å². The number of hydrogen-bond acceptors (Lipinski definition) is 3. The molecule has 1 saturated heterocycles. The Morgan fingerprint density at radius 1 is 1.04 bits per heavy atom. The Balaban J connectivity index is 1.46. The van der Waals surface area contributed by atoms with Crippen LogP contribution >= 0.6 is 0 Å². The van der Waals surface area contributed by atoms with Gasteiger partial charge in [-0.2, -0.15) is 0 Å². The molecule has 3 N–H and O–H groups in total. The molecule has 2 aromatic rings. The molecule has 0 aromatic heterocycles. The standard InChI is InChI=1S/C22H29N3O/c1-17-4-2-3-13-25(17)16-20-7-5-19(6-8-20)15-24-22(26)14-18-9-11-21(23)12-10-18/h5-12,17H,2-4,13-16,23H2,1H3,(H,24,26). The van der Waals surface area contributed by atoms with E-state index >= 15 is 0 Å². The van der Waals surface area contributed by atoms with Gasteiger partial charge >= 0.3 is 0 Å². The molecule has 0 spiro atoms. The summed E-state index contributed by atoms with van der Waals surface area (Å²) in [4.78, 5) is 14.6. The molecular weight excluding hydrogens is 322 g/mol. The summed E-state index contributed by atoms with van der Waals surface area (Å²) >= 11 is 0. The van der Waals surface area contributed by atoms with E-state index in [9.17, 15) is 4.79 Å². The van der Waals surface area contributed by atoms with E-state index in [1.165, 1.54) is 31.4 Å². The summed E-state index contributed by atoms with van der Waals surface area (Å²) in [6.07, 6.45) is 4.35. The van der Waals surface area contributed by atoms with Crippen LogP contribution in [0, 0.1) is 0 Å². The molecular formula is C22H29N3O. The minimum absolute atomic E-state index is 0.0287. The first kappa shape index (κ1) is 18.5. The third-order valence-electron chi connectivity index (χ3n) is 5.18. The van der Waals surface area contributed by atoms with Gasteiger partial charge in [0.15, 0.2) is 0 Å². The summed E-state index contributed by atoms with van der Waals surface area (Å²) in [7, 11) is 0.